The Hall–Kier alpha value is -2.88. The van der Waals surface area contributed by atoms with E-state index in [2.05, 4.69) is 10.2 Å². The van der Waals surface area contributed by atoms with Crippen LogP contribution in [0, 0.1) is 0 Å². The van der Waals surface area contributed by atoms with Gasteiger partial charge in [0.1, 0.15) is 0 Å². The molecule has 0 aliphatic heterocycles. The maximum Gasteiger partial charge on any atom is 0.335 e. The Kier molecular flexibility index (Phi) is 3.05. The molecule has 0 bridgehead atoms. The zero-order valence-electron chi connectivity index (χ0n) is 10.6. The number of nitrogens with zero attached hydrogens (tertiary/aromatic N) is 1. The van der Waals surface area contributed by atoms with E-state index in [1.807, 2.05) is 30.3 Å². The molecule has 2 N–H and O–H groups in total. The first kappa shape index (κ1) is 12.2. The Morgan fingerprint density at radius 1 is 0.950 bits per heavy atom. The van der Waals surface area contributed by atoms with E-state index in [4.69, 9.17) is 5.11 Å². The minimum absolute atomic E-state index is 0.276. The summed E-state index contributed by atoms with van der Waals surface area (Å²) in [4.78, 5) is 10.9. The lowest BCUT2D eigenvalue weighted by Crippen LogP contribution is -1.95. The number of hydrogen-bond acceptors (Lipinski definition) is 2. The molecular weight excluding hydrogens is 252 g/mol. The number of carboxylic acid groups (broad SMARTS) is 1. The molecule has 0 radical (unpaired) electrons. The van der Waals surface area contributed by atoms with E-state index in [0.29, 0.717) is 0 Å². The van der Waals surface area contributed by atoms with Crippen LogP contribution >= 0.6 is 0 Å². The van der Waals surface area contributed by atoms with Gasteiger partial charge in [-0.05, 0) is 17.7 Å². The first-order valence-corrected chi connectivity index (χ1v) is 6.18. The fourth-order valence-corrected chi connectivity index (χ4v) is 2.12. The average molecular weight is 264 g/mol. The number of carboxylic acids is 1. The molecule has 3 aromatic rings. The van der Waals surface area contributed by atoms with Crippen LogP contribution in [0.2, 0.25) is 0 Å². The van der Waals surface area contributed by atoms with Crippen molar-refractivity contribution in [3.05, 3.63) is 66.4 Å². The average Bonchev–Trinajstić information content (AvgIpc) is 2.97. The van der Waals surface area contributed by atoms with Crippen LogP contribution in [0.4, 0.5) is 0 Å². The lowest BCUT2D eigenvalue weighted by molar-refractivity contribution is 0.0697. The Morgan fingerprint density at radius 3 is 2.30 bits per heavy atom. The van der Waals surface area contributed by atoms with Crippen molar-refractivity contribution in [2.24, 2.45) is 0 Å². The summed E-state index contributed by atoms with van der Waals surface area (Å²) in [7, 11) is 0. The van der Waals surface area contributed by atoms with Gasteiger partial charge in [-0.15, -0.1) is 0 Å². The Bertz CT molecular complexity index is 731. The van der Waals surface area contributed by atoms with Crippen LogP contribution in [0.25, 0.3) is 22.4 Å². The molecule has 0 unspecified atom stereocenters. The molecule has 0 fully saturated rings. The van der Waals surface area contributed by atoms with E-state index in [0.717, 1.165) is 22.4 Å². The number of carbonyl (C=O) groups is 1. The molecule has 0 amide bonds. The molecule has 4 nitrogen and oxygen atoms in total. The molecule has 0 saturated carbocycles. The monoisotopic (exact) mass is 264 g/mol. The maximum absolute atomic E-state index is 10.9. The second-order valence-electron chi connectivity index (χ2n) is 4.41. The van der Waals surface area contributed by atoms with Crippen molar-refractivity contribution in [3.8, 4) is 22.4 Å². The van der Waals surface area contributed by atoms with Crippen molar-refractivity contribution in [2.45, 2.75) is 0 Å². The second kappa shape index (κ2) is 5.01. The minimum Gasteiger partial charge on any atom is -0.478 e. The predicted molar refractivity (Wildman–Crippen MR) is 76.4 cm³/mol. The number of aromatic amines is 1. The number of benzene rings is 2. The molecule has 0 aliphatic carbocycles. The van der Waals surface area contributed by atoms with Crippen molar-refractivity contribution in [3.63, 3.8) is 0 Å². The van der Waals surface area contributed by atoms with Gasteiger partial charge >= 0.3 is 5.97 Å². The molecule has 98 valence electrons. The quantitative estimate of drug-likeness (QED) is 0.761. The first-order valence-electron chi connectivity index (χ1n) is 6.18. The molecule has 0 atom stereocenters. The van der Waals surface area contributed by atoms with Crippen molar-refractivity contribution < 1.29 is 9.90 Å². The van der Waals surface area contributed by atoms with Gasteiger partial charge in [0, 0.05) is 11.1 Å². The van der Waals surface area contributed by atoms with Crippen LogP contribution < -0.4 is 0 Å². The smallest absolute Gasteiger partial charge is 0.335 e. The SMILES string of the molecule is O=C(O)c1ccc(-c2cn[nH]c2-c2ccccc2)cc1. The lowest BCUT2D eigenvalue weighted by atomic mass is 10.0. The summed E-state index contributed by atoms with van der Waals surface area (Å²) in [5.74, 6) is -0.924. The third-order valence-corrected chi connectivity index (χ3v) is 3.14. The number of aromatic carboxylic acids is 1. The van der Waals surface area contributed by atoms with E-state index < -0.39 is 5.97 Å². The number of aromatic nitrogens is 2. The molecule has 3 rings (SSSR count). The zero-order valence-corrected chi connectivity index (χ0v) is 10.6. The third-order valence-electron chi connectivity index (χ3n) is 3.14. The van der Waals surface area contributed by atoms with Gasteiger partial charge in [-0.25, -0.2) is 4.79 Å². The Balaban J connectivity index is 2.04. The van der Waals surface area contributed by atoms with Gasteiger partial charge < -0.3 is 5.11 Å². The third kappa shape index (κ3) is 2.19. The van der Waals surface area contributed by atoms with Gasteiger partial charge in [-0.3, -0.25) is 5.10 Å². The van der Waals surface area contributed by atoms with E-state index in [-0.39, 0.29) is 5.56 Å². The van der Waals surface area contributed by atoms with Crippen LogP contribution in [0.5, 0.6) is 0 Å². The summed E-state index contributed by atoms with van der Waals surface area (Å²) in [5.41, 5.74) is 4.13. The van der Waals surface area contributed by atoms with Crippen LogP contribution in [0.3, 0.4) is 0 Å². The lowest BCUT2D eigenvalue weighted by Gasteiger charge is -2.04. The van der Waals surface area contributed by atoms with Crippen molar-refractivity contribution in [1.82, 2.24) is 10.2 Å². The predicted octanol–water partition coefficient (Wildman–Crippen LogP) is 3.44. The van der Waals surface area contributed by atoms with Crippen molar-refractivity contribution in [1.29, 1.82) is 0 Å². The molecule has 2 aromatic carbocycles. The minimum atomic E-state index is -0.924. The fraction of sp³-hybridized carbons (Fsp3) is 0. The van der Waals surface area contributed by atoms with E-state index in [1.165, 1.54) is 0 Å². The number of hydrogen-bond donors (Lipinski definition) is 2. The number of nitrogens with one attached hydrogen (secondary N) is 1. The zero-order chi connectivity index (χ0) is 13.9. The Labute approximate surface area is 115 Å². The molecule has 1 aromatic heterocycles. The van der Waals surface area contributed by atoms with E-state index in [9.17, 15) is 4.79 Å². The van der Waals surface area contributed by atoms with Gasteiger partial charge in [-0.1, -0.05) is 42.5 Å². The molecule has 0 spiro atoms. The molecule has 1 heterocycles. The highest BCUT2D eigenvalue weighted by Gasteiger charge is 2.10. The van der Waals surface area contributed by atoms with Crippen LogP contribution in [0.1, 0.15) is 10.4 Å². The summed E-state index contributed by atoms with van der Waals surface area (Å²) in [6.45, 7) is 0. The number of rotatable bonds is 3. The van der Waals surface area contributed by atoms with E-state index in [1.54, 1.807) is 30.5 Å². The van der Waals surface area contributed by atoms with Crippen molar-refractivity contribution in [2.75, 3.05) is 0 Å². The van der Waals surface area contributed by atoms with Gasteiger partial charge in [0.25, 0.3) is 0 Å². The molecular formula is C16H12N2O2. The molecule has 0 aliphatic rings. The van der Waals surface area contributed by atoms with Gasteiger partial charge in [0.15, 0.2) is 0 Å². The summed E-state index contributed by atoms with van der Waals surface area (Å²) < 4.78 is 0. The summed E-state index contributed by atoms with van der Waals surface area (Å²) in [6.07, 6.45) is 1.75. The number of H-pyrrole nitrogens is 1. The molecule has 20 heavy (non-hydrogen) atoms. The highest BCUT2D eigenvalue weighted by molar-refractivity contribution is 5.89. The highest BCUT2D eigenvalue weighted by Crippen LogP contribution is 2.29. The highest BCUT2D eigenvalue weighted by atomic mass is 16.4. The van der Waals surface area contributed by atoms with Crippen LogP contribution in [-0.4, -0.2) is 21.3 Å². The van der Waals surface area contributed by atoms with Crippen LogP contribution in [-0.2, 0) is 0 Å². The molecule has 0 saturated heterocycles. The van der Waals surface area contributed by atoms with Crippen molar-refractivity contribution >= 4 is 5.97 Å². The van der Waals surface area contributed by atoms with Crippen LogP contribution in [0.15, 0.2) is 60.8 Å². The van der Waals surface area contributed by atoms with Gasteiger partial charge in [0.05, 0.1) is 17.5 Å². The van der Waals surface area contributed by atoms with Gasteiger partial charge in [0.2, 0.25) is 0 Å². The largest absolute Gasteiger partial charge is 0.478 e. The summed E-state index contributed by atoms with van der Waals surface area (Å²) in [5, 5.41) is 16.0. The molecule has 4 heteroatoms. The standard InChI is InChI=1S/C16H12N2O2/c19-16(20)13-8-6-11(7-9-13)14-10-17-18-15(14)12-4-2-1-3-5-12/h1-10H,(H,17,18)(H,19,20). The Morgan fingerprint density at radius 2 is 1.65 bits per heavy atom. The second-order valence-corrected chi connectivity index (χ2v) is 4.41. The van der Waals surface area contributed by atoms with Gasteiger partial charge in [-0.2, -0.15) is 5.10 Å². The van der Waals surface area contributed by atoms with E-state index >= 15 is 0 Å². The summed E-state index contributed by atoms with van der Waals surface area (Å²) >= 11 is 0. The summed E-state index contributed by atoms with van der Waals surface area (Å²) in [6, 6.07) is 16.7. The fourth-order valence-electron chi connectivity index (χ4n) is 2.12. The topological polar surface area (TPSA) is 66.0 Å². The first-order chi connectivity index (χ1) is 9.75. The maximum atomic E-state index is 10.9. The normalized spacial score (nSPS) is 10.4.